The molecule has 0 saturated carbocycles. The van der Waals surface area contributed by atoms with E-state index in [0.29, 0.717) is 23.0 Å². The van der Waals surface area contributed by atoms with Crippen molar-refractivity contribution in [1.82, 2.24) is 4.98 Å². The third-order valence-corrected chi connectivity index (χ3v) is 4.60. The van der Waals surface area contributed by atoms with Crippen molar-refractivity contribution in [3.05, 3.63) is 82.7 Å². The van der Waals surface area contributed by atoms with Crippen molar-refractivity contribution < 1.29 is 27.1 Å². The first-order chi connectivity index (χ1) is 14.2. The van der Waals surface area contributed by atoms with Crippen LogP contribution in [0.15, 0.2) is 65.9 Å². The van der Waals surface area contributed by atoms with Crippen LogP contribution in [0, 0.1) is 17.2 Å². The molecule has 1 aliphatic rings. The minimum Gasteiger partial charge on any atom is -0.489 e. The molecule has 0 aliphatic heterocycles. The van der Waals surface area contributed by atoms with Gasteiger partial charge in [-0.2, -0.15) is 14.0 Å². The molecule has 0 radical (unpaired) electrons. The summed E-state index contributed by atoms with van der Waals surface area (Å²) in [4.78, 5) is 16.0. The van der Waals surface area contributed by atoms with E-state index in [-0.39, 0.29) is 13.0 Å². The highest BCUT2D eigenvalue weighted by Gasteiger charge is 2.46. The molecule has 0 N–H and O–H groups in total. The number of hydrogen-bond acceptors (Lipinski definition) is 4. The first-order valence-electron chi connectivity index (χ1n) is 8.99. The fourth-order valence-corrected chi connectivity index (χ4v) is 3.01. The van der Waals surface area contributed by atoms with E-state index in [2.05, 4.69) is 4.98 Å². The van der Waals surface area contributed by atoms with Crippen LogP contribution in [0.4, 0.5) is 17.6 Å². The zero-order valence-corrected chi connectivity index (χ0v) is 15.8. The molecule has 0 amide bonds. The highest BCUT2D eigenvalue weighted by Crippen LogP contribution is 2.38. The van der Waals surface area contributed by atoms with Crippen LogP contribution in [0.1, 0.15) is 30.2 Å². The summed E-state index contributed by atoms with van der Waals surface area (Å²) in [5, 5.41) is 8.76. The van der Waals surface area contributed by atoms with Crippen molar-refractivity contribution in [3.8, 4) is 11.8 Å². The topological polar surface area (TPSA) is 63.0 Å². The quantitative estimate of drug-likeness (QED) is 0.599. The molecule has 2 aromatic rings. The maximum Gasteiger partial charge on any atom is 0.351 e. The van der Waals surface area contributed by atoms with E-state index in [1.165, 1.54) is 13.0 Å². The fourth-order valence-electron chi connectivity index (χ4n) is 3.01. The number of nitrogens with zero attached hydrogens (tertiary/aromatic N) is 2. The lowest BCUT2D eigenvalue weighted by atomic mass is 9.86. The first kappa shape index (κ1) is 21.2. The van der Waals surface area contributed by atoms with Crippen LogP contribution in [-0.2, 0) is 17.3 Å². The molecule has 0 spiro atoms. The number of carbonyl (C=O) groups is 1. The van der Waals surface area contributed by atoms with Gasteiger partial charge in [0.15, 0.2) is 0 Å². The van der Waals surface area contributed by atoms with Gasteiger partial charge in [0.25, 0.3) is 0 Å². The van der Waals surface area contributed by atoms with Crippen molar-refractivity contribution in [1.29, 1.82) is 5.26 Å². The highest BCUT2D eigenvalue weighted by atomic mass is 19.3. The van der Waals surface area contributed by atoms with Crippen LogP contribution >= 0.6 is 0 Å². The highest BCUT2D eigenvalue weighted by molar-refractivity contribution is 6.02. The molecule has 8 heteroatoms. The number of halogens is 4. The van der Waals surface area contributed by atoms with Gasteiger partial charge in [-0.3, -0.25) is 9.78 Å². The predicted octanol–water partition coefficient (Wildman–Crippen LogP) is 5.31. The summed E-state index contributed by atoms with van der Waals surface area (Å²) in [5.41, 5.74) is -0.640. The average molecular weight is 416 g/mol. The number of pyridine rings is 1. The number of ether oxygens (including phenoxy) is 1. The normalized spacial score (nSPS) is 16.7. The average Bonchev–Trinajstić information content (AvgIpc) is 2.72. The van der Waals surface area contributed by atoms with Crippen molar-refractivity contribution in [2.24, 2.45) is 5.92 Å². The Labute approximate surface area is 170 Å². The molecule has 154 valence electrons. The minimum atomic E-state index is -4.06. The van der Waals surface area contributed by atoms with Crippen molar-refractivity contribution >= 4 is 5.78 Å². The van der Waals surface area contributed by atoms with Crippen LogP contribution in [0.5, 0.6) is 5.75 Å². The Hall–Kier alpha value is -3.47. The van der Waals surface area contributed by atoms with Gasteiger partial charge in [-0.25, -0.2) is 8.78 Å². The third-order valence-electron chi connectivity index (χ3n) is 4.60. The van der Waals surface area contributed by atoms with Gasteiger partial charge in [0.05, 0.1) is 11.6 Å². The number of allylic oxidation sites excluding steroid dienone is 4. The number of Topliss-reactive ketones (excluding diaryl/α,β-unsaturated/α-hetero) is 1. The SMILES string of the molecule is CC1CC(F)=CC(F)=C1C(=O)C(F)(F)c1ccc(COc2ccc(C#N)cc2)cn1. The fraction of sp³-hybridized carbons (Fsp3) is 0.227. The third kappa shape index (κ3) is 4.40. The Bertz CT molecular complexity index is 1050. The van der Waals surface area contributed by atoms with E-state index in [1.807, 2.05) is 6.07 Å². The van der Waals surface area contributed by atoms with Gasteiger partial charge in [-0.05, 0) is 36.2 Å². The molecule has 1 heterocycles. The number of nitriles is 1. The van der Waals surface area contributed by atoms with E-state index < -0.39 is 40.5 Å². The summed E-state index contributed by atoms with van der Waals surface area (Å²) < 4.78 is 62.0. The monoisotopic (exact) mass is 416 g/mol. The molecule has 1 atom stereocenters. The van der Waals surface area contributed by atoms with Gasteiger partial charge in [-0.15, -0.1) is 0 Å². The largest absolute Gasteiger partial charge is 0.489 e. The lowest BCUT2D eigenvalue weighted by molar-refractivity contribution is -0.141. The van der Waals surface area contributed by atoms with Crippen LogP contribution in [0.25, 0.3) is 0 Å². The molecule has 1 aromatic heterocycles. The van der Waals surface area contributed by atoms with Gasteiger partial charge >= 0.3 is 5.92 Å². The summed E-state index contributed by atoms with van der Waals surface area (Å²) in [7, 11) is 0. The molecule has 0 fully saturated rings. The van der Waals surface area contributed by atoms with E-state index in [1.54, 1.807) is 24.3 Å². The minimum absolute atomic E-state index is 0.0274. The summed E-state index contributed by atoms with van der Waals surface area (Å²) in [6.07, 6.45) is 1.28. The number of alkyl halides is 2. The standard InChI is InChI=1S/C22H16F4N2O2/c1-13-8-16(23)9-18(24)20(13)21(29)22(25,26)19-7-4-15(11-28-19)12-30-17-5-2-14(10-27)3-6-17/h2-7,9,11,13H,8,12H2,1H3. The Morgan fingerprint density at radius 3 is 2.50 bits per heavy atom. The zero-order valence-electron chi connectivity index (χ0n) is 15.8. The second-order valence-electron chi connectivity index (χ2n) is 6.84. The Morgan fingerprint density at radius 1 is 1.23 bits per heavy atom. The van der Waals surface area contributed by atoms with Crippen molar-refractivity contribution in [2.75, 3.05) is 0 Å². The molecular formula is C22H16F4N2O2. The smallest absolute Gasteiger partial charge is 0.351 e. The molecule has 1 aliphatic carbocycles. The number of aromatic nitrogens is 1. The number of hydrogen-bond donors (Lipinski definition) is 0. The van der Waals surface area contributed by atoms with Crippen LogP contribution in [-0.4, -0.2) is 10.8 Å². The van der Waals surface area contributed by atoms with Crippen LogP contribution in [0.2, 0.25) is 0 Å². The summed E-state index contributed by atoms with van der Waals surface area (Å²) in [5.74, 6) is -8.41. The van der Waals surface area contributed by atoms with Gasteiger partial charge in [-0.1, -0.05) is 13.0 Å². The second-order valence-corrected chi connectivity index (χ2v) is 6.84. The molecule has 4 nitrogen and oxygen atoms in total. The van der Waals surface area contributed by atoms with Crippen LogP contribution < -0.4 is 4.74 Å². The predicted molar refractivity (Wildman–Crippen MR) is 99.7 cm³/mol. The lowest BCUT2D eigenvalue weighted by Crippen LogP contribution is -2.32. The summed E-state index contributed by atoms with van der Waals surface area (Å²) >= 11 is 0. The summed E-state index contributed by atoms with van der Waals surface area (Å²) in [6, 6.07) is 10.6. The summed E-state index contributed by atoms with van der Waals surface area (Å²) in [6.45, 7) is 1.34. The zero-order chi connectivity index (χ0) is 21.9. The molecular weight excluding hydrogens is 400 g/mol. The molecule has 3 rings (SSSR count). The van der Waals surface area contributed by atoms with Crippen molar-refractivity contribution in [2.45, 2.75) is 25.9 Å². The lowest BCUT2D eigenvalue weighted by Gasteiger charge is -2.23. The van der Waals surface area contributed by atoms with Gasteiger partial charge < -0.3 is 4.74 Å². The van der Waals surface area contributed by atoms with Gasteiger partial charge in [0.1, 0.15) is 29.7 Å². The molecule has 30 heavy (non-hydrogen) atoms. The van der Waals surface area contributed by atoms with E-state index in [0.717, 1.165) is 12.3 Å². The number of rotatable bonds is 6. The van der Waals surface area contributed by atoms with E-state index >= 15 is 0 Å². The molecule has 0 saturated heterocycles. The number of carbonyl (C=O) groups excluding carboxylic acids is 1. The van der Waals surface area contributed by atoms with Crippen LogP contribution in [0.3, 0.4) is 0 Å². The molecule has 1 unspecified atom stereocenters. The van der Waals surface area contributed by atoms with E-state index in [4.69, 9.17) is 10.00 Å². The van der Waals surface area contributed by atoms with Gasteiger partial charge in [0, 0.05) is 29.8 Å². The number of ketones is 1. The Kier molecular flexibility index (Phi) is 6.01. The first-order valence-corrected chi connectivity index (χ1v) is 8.99. The van der Waals surface area contributed by atoms with Gasteiger partial charge in [0.2, 0.25) is 5.78 Å². The second kappa shape index (κ2) is 8.49. The number of benzene rings is 1. The molecule has 0 bridgehead atoms. The van der Waals surface area contributed by atoms with E-state index in [9.17, 15) is 22.4 Å². The maximum atomic E-state index is 14.6. The Balaban J connectivity index is 1.73. The maximum absolute atomic E-state index is 14.6. The van der Waals surface area contributed by atoms with Crippen molar-refractivity contribution in [3.63, 3.8) is 0 Å². The Morgan fingerprint density at radius 2 is 1.93 bits per heavy atom. The molecule has 1 aromatic carbocycles.